The molecule has 1 aliphatic heterocycles. The molecule has 2 aromatic carbocycles. The van der Waals surface area contributed by atoms with Crippen LogP contribution in [0.1, 0.15) is 25.8 Å². The van der Waals surface area contributed by atoms with E-state index in [0.717, 1.165) is 33.7 Å². The van der Waals surface area contributed by atoms with Gasteiger partial charge in [0.15, 0.2) is 12.0 Å². The SMILES string of the molecule is CC(=O)N1c2ccccc2/C(=N/c2ccc3ocnc3c2)CC1C. The summed E-state index contributed by atoms with van der Waals surface area (Å²) in [5.74, 6) is 0.0537. The molecule has 0 aliphatic carbocycles. The number of hydrogen-bond acceptors (Lipinski definition) is 4. The molecule has 0 bridgehead atoms. The number of aliphatic imine (C=N–C) groups is 1. The number of anilines is 1. The molecule has 1 aliphatic rings. The fourth-order valence-corrected chi connectivity index (χ4v) is 3.30. The monoisotopic (exact) mass is 319 g/mol. The molecule has 1 unspecified atom stereocenters. The standard InChI is InChI=1S/C19H17N3O2/c1-12-9-16(15-5-3-4-6-18(15)22(12)13(2)23)21-14-7-8-19-17(10-14)20-11-24-19/h3-8,10-12H,9H2,1-2H3/b21-16+. The summed E-state index contributed by atoms with van der Waals surface area (Å²) in [5, 5.41) is 0. The van der Waals surface area contributed by atoms with E-state index in [1.165, 1.54) is 6.39 Å². The zero-order valence-corrected chi connectivity index (χ0v) is 13.6. The summed E-state index contributed by atoms with van der Waals surface area (Å²) in [6, 6.07) is 13.7. The third-order valence-electron chi connectivity index (χ3n) is 4.32. The molecular formula is C19H17N3O2. The molecule has 24 heavy (non-hydrogen) atoms. The molecule has 0 N–H and O–H groups in total. The number of nitrogens with zero attached hydrogens (tertiary/aromatic N) is 3. The Balaban J connectivity index is 1.82. The Labute approximate surface area is 139 Å². The zero-order chi connectivity index (χ0) is 16.7. The highest BCUT2D eigenvalue weighted by atomic mass is 16.3. The minimum atomic E-state index is 0.0537. The molecule has 3 aromatic rings. The lowest BCUT2D eigenvalue weighted by atomic mass is 9.94. The fourth-order valence-electron chi connectivity index (χ4n) is 3.30. The number of hydrogen-bond donors (Lipinski definition) is 0. The van der Waals surface area contributed by atoms with E-state index in [1.54, 1.807) is 6.92 Å². The van der Waals surface area contributed by atoms with Crippen LogP contribution in [0, 0.1) is 0 Å². The highest BCUT2D eigenvalue weighted by Crippen LogP contribution is 2.32. The summed E-state index contributed by atoms with van der Waals surface area (Å²) in [6.07, 6.45) is 2.15. The zero-order valence-electron chi connectivity index (χ0n) is 13.6. The Kier molecular flexibility index (Phi) is 3.41. The van der Waals surface area contributed by atoms with Crippen molar-refractivity contribution in [2.24, 2.45) is 4.99 Å². The highest BCUT2D eigenvalue weighted by Gasteiger charge is 2.29. The molecule has 1 amide bonds. The number of aromatic nitrogens is 1. The molecule has 1 atom stereocenters. The first kappa shape index (κ1) is 14.6. The number of oxazole rings is 1. The van der Waals surface area contributed by atoms with Gasteiger partial charge in [-0.1, -0.05) is 18.2 Å². The van der Waals surface area contributed by atoms with Crippen molar-refractivity contribution < 1.29 is 9.21 Å². The van der Waals surface area contributed by atoms with E-state index in [-0.39, 0.29) is 11.9 Å². The van der Waals surface area contributed by atoms with Gasteiger partial charge in [0, 0.05) is 24.9 Å². The average Bonchev–Trinajstić information content (AvgIpc) is 3.02. The van der Waals surface area contributed by atoms with Gasteiger partial charge < -0.3 is 9.32 Å². The van der Waals surface area contributed by atoms with E-state index < -0.39 is 0 Å². The second kappa shape index (κ2) is 5.60. The molecule has 4 rings (SSSR count). The van der Waals surface area contributed by atoms with Gasteiger partial charge >= 0.3 is 0 Å². The first-order valence-electron chi connectivity index (χ1n) is 7.93. The van der Waals surface area contributed by atoms with Crippen LogP contribution >= 0.6 is 0 Å². The predicted octanol–water partition coefficient (Wildman–Crippen LogP) is 4.09. The number of benzene rings is 2. The van der Waals surface area contributed by atoms with Crippen LogP contribution in [0.15, 0.2) is 58.3 Å². The lowest BCUT2D eigenvalue weighted by molar-refractivity contribution is -0.117. The maximum absolute atomic E-state index is 12.0. The van der Waals surface area contributed by atoms with Crippen LogP contribution in [0.5, 0.6) is 0 Å². The van der Waals surface area contributed by atoms with Crippen molar-refractivity contribution in [2.45, 2.75) is 26.3 Å². The van der Waals surface area contributed by atoms with Crippen LogP contribution in [-0.4, -0.2) is 22.6 Å². The lowest BCUT2D eigenvalue weighted by Gasteiger charge is -2.35. The van der Waals surface area contributed by atoms with Crippen LogP contribution in [0.4, 0.5) is 11.4 Å². The summed E-state index contributed by atoms with van der Waals surface area (Å²) >= 11 is 0. The van der Waals surface area contributed by atoms with Gasteiger partial charge in [-0.15, -0.1) is 0 Å². The van der Waals surface area contributed by atoms with Gasteiger partial charge in [0.25, 0.3) is 0 Å². The molecular weight excluding hydrogens is 302 g/mol. The minimum Gasteiger partial charge on any atom is -0.443 e. The summed E-state index contributed by atoms with van der Waals surface area (Å²) in [5.41, 5.74) is 5.29. The minimum absolute atomic E-state index is 0.0537. The normalized spacial score (nSPS) is 18.8. The Morgan fingerprint density at radius 1 is 1.29 bits per heavy atom. The molecule has 0 saturated carbocycles. The largest absolute Gasteiger partial charge is 0.443 e. The molecule has 0 spiro atoms. The summed E-state index contributed by atoms with van der Waals surface area (Å²) in [7, 11) is 0. The summed E-state index contributed by atoms with van der Waals surface area (Å²) in [4.78, 5) is 22.9. The number of rotatable bonds is 1. The van der Waals surface area contributed by atoms with Crippen molar-refractivity contribution >= 4 is 34.1 Å². The van der Waals surface area contributed by atoms with Crippen LogP contribution in [0.3, 0.4) is 0 Å². The predicted molar refractivity (Wildman–Crippen MR) is 93.9 cm³/mol. The first-order valence-corrected chi connectivity index (χ1v) is 7.93. The van der Waals surface area contributed by atoms with E-state index in [2.05, 4.69) is 4.98 Å². The Morgan fingerprint density at radius 3 is 2.96 bits per heavy atom. The topological polar surface area (TPSA) is 58.7 Å². The van der Waals surface area contributed by atoms with Crippen LogP contribution in [0.2, 0.25) is 0 Å². The number of amides is 1. The number of para-hydroxylation sites is 1. The van der Waals surface area contributed by atoms with Gasteiger partial charge in [-0.25, -0.2) is 4.98 Å². The van der Waals surface area contributed by atoms with Crippen molar-refractivity contribution in [1.29, 1.82) is 0 Å². The summed E-state index contributed by atoms with van der Waals surface area (Å²) in [6.45, 7) is 3.65. The number of carbonyl (C=O) groups is 1. The fraction of sp³-hybridized carbons (Fsp3) is 0.211. The van der Waals surface area contributed by atoms with Crippen LogP contribution < -0.4 is 4.90 Å². The van der Waals surface area contributed by atoms with Gasteiger partial charge in [0.2, 0.25) is 5.91 Å². The average molecular weight is 319 g/mol. The van der Waals surface area contributed by atoms with Gasteiger partial charge in [-0.3, -0.25) is 9.79 Å². The molecule has 2 heterocycles. The molecule has 0 saturated heterocycles. The lowest BCUT2D eigenvalue weighted by Crippen LogP contribution is -2.42. The Morgan fingerprint density at radius 2 is 2.12 bits per heavy atom. The first-order chi connectivity index (χ1) is 11.6. The third kappa shape index (κ3) is 2.38. The molecule has 5 nitrogen and oxygen atoms in total. The maximum atomic E-state index is 12.0. The Bertz CT molecular complexity index is 958. The quantitative estimate of drug-likeness (QED) is 0.678. The third-order valence-corrected chi connectivity index (χ3v) is 4.32. The van der Waals surface area contributed by atoms with Crippen molar-refractivity contribution in [2.75, 3.05) is 4.90 Å². The van der Waals surface area contributed by atoms with Crippen molar-refractivity contribution in [3.63, 3.8) is 0 Å². The van der Waals surface area contributed by atoms with E-state index in [4.69, 9.17) is 9.41 Å². The van der Waals surface area contributed by atoms with E-state index >= 15 is 0 Å². The molecule has 1 aromatic heterocycles. The van der Waals surface area contributed by atoms with Gasteiger partial charge in [-0.2, -0.15) is 0 Å². The number of carbonyl (C=O) groups excluding carboxylic acids is 1. The van der Waals surface area contributed by atoms with Crippen molar-refractivity contribution in [1.82, 2.24) is 4.98 Å². The van der Waals surface area contributed by atoms with Crippen molar-refractivity contribution in [3.05, 3.63) is 54.4 Å². The van der Waals surface area contributed by atoms with E-state index in [9.17, 15) is 4.79 Å². The highest BCUT2D eigenvalue weighted by molar-refractivity contribution is 6.12. The Hall–Kier alpha value is -2.95. The summed E-state index contributed by atoms with van der Waals surface area (Å²) < 4.78 is 5.27. The molecule has 5 heteroatoms. The molecule has 120 valence electrons. The smallest absolute Gasteiger partial charge is 0.224 e. The second-order valence-corrected chi connectivity index (χ2v) is 6.02. The molecule has 0 fully saturated rings. The second-order valence-electron chi connectivity index (χ2n) is 6.02. The molecule has 0 radical (unpaired) electrons. The van der Waals surface area contributed by atoms with Crippen LogP contribution in [-0.2, 0) is 4.79 Å². The van der Waals surface area contributed by atoms with Gasteiger partial charge in [0.05, 0.1) is 17.1 Å². The van der Waals surface area contributed by atoms with Gasteiger partial charge in [-0.05, 0) is 31.2 Å². The van der Waals surface area contributed by atoms with E-state index in [0.29, 0.717) is 6.42 Å². The van der Waals surface area contributed by atoms with Crippen molar-refractivity contribution in [3.8, 4) is 0 Å². The van der Waals surface area contributed by atoms with E-state index in [1.807, 2.05) is 54.3 Å². The maximum Gasteiger partial charge on any atom is 0.224 e. The van der Waals surface area contributed by atoms with Gasteiger partial charge in [0.1, 0.15) is 5.52 Å². The van der Waals surface area contributed by atoms with Crippen LogP contribution in [0.25, 0.3) is 11.1 Å². The number of fused-ring (bicyclic) bond motifs is 2.